The Kier molecular flexibility index (Phi) is 4.89. The smallest absolute Gasteiger partial charge is 0.411 e. The fourth-order valence-corrected chi connectivity index (χ4v) is 1.94. The molecule has 0 aliphatic rings. The Balaban J connectivity index is 2.09. The number of carbonyl (C=O) groups is 1. The molecule has 2 rings (SSSR count). The van der Waals surface area contributed by atoms with Crippen molar-refractivity contribution in [3.05, 3.63) is 69.3 Å². The molecule has 0 fully saturated rings. The zero-order valence-corrected chi connectivity index (χ0v) is 12.3. The van der Waals surface area contributed by atoms with Gasteiger partial charge in [0.1, 0.15) is 18.2 Å². The van der Waals surface area contributed by atoms with Gasteiger partial charge in [0.2, 0.25) is 0 Å². The summed E-state index contributed by atoms with van der Waals surface area (Å²) in [6.45, 7) is 1.70. The zero-order chi connectivity index (χ0) is 16.8. The van der Waals surface area contributed by atoms with E-state index in [2.05, 4.69) is 5.32 Å². The topological polar surface area (TPSA) is 105 Å². The summed E-state index contributed by atoms with van der Waals surface area (Å²) < 4.78 is 5.07. The molecule has 0 spiro atoms. The van der Waals surface area contributed by atoms with E-state index in [0.29, 0.717) is 11.3 Å². The normalized spacial score (nSPS) is 9.74. The van der Waals surface area contributed by atoms with E-state index >= 15 is 0 Å². The van der Waals surface area contributed by atoms with Gasteiger partial charge in [-0.05, 0) is 24.1 Å². The van der Waals surface area contributed by atoms with Crippen molar-refractivity contribution in [3.8, 4) is 6.07 Å². The third-order valence-electron chi connectivity index (χ3n) is 3.11. The number of carbonyl (C=O) groups excluding carboxylic acids is 1. The summed E-state index contributed by atoms with van der Waals surface area (Å²) in [6, 6.07) is 13.4. The Morgan fingerprint density at radius 3 is 2.65 bits per heavy atom. The maximum Gasteiger partial charge on any atom is 0.411 e. The van der Waals surface area contributed by atoms with Crippen molar-refractivity contribution in [2.45, 2.75) is 13.5 Å². The second-order valence-electron chi connectivity index (χ2n) is 4.74. The summed E-state index contributed by atoms with van der Waals surface area (Å²) in [6.07, 6.45) is -0.699. The number of aryl methyl sites for hydroxylation is 1. The SMILES string of the molecule is Cc1cc([N+](=O)[O-])c(C#N)cc1NC(=O)OCc1ccccc1. The molecule has 1 amide bonds. The first-order valence-electron chi connectivity index (χ1n) is 6.68. The van der Waals surface area contributed by atoms with E-state index in [9.17, 15) is 14.9 Å². The third-order valence-corrected chi connectivity index (χ3v) is 3.11. The molecule has 0 atom stereocenters. The molecule has 23 heavy (non-hydrogen) atoms. The molecule has 2 aromatic carbocycles. The number of nitro groups is 1. The molecule has 0 unspecified atom stereocenters. The van der Waals surface area contributed by atoms with E-state index < -0.39 is 11.0 Å². The van der Waals surface area contributed by atoms with E-state index in [4.69, 9.17) is 10.00 Å². The quantitative estimate of drug-likeness (QED) is 0.687. The van der Waals surface area contributed by atoms with Crippen molar-refractivity contribution in [2.75, 3.05) is 5.32 Å². The zero-order valence-electron chi connectivity index (χ0n) is 12.3. The number of benzene rings is 2. The number of nitrogens with one attached hydrogen (secondary N) is 1. The highest BCUT2D eigenvalue weighted by molar-refractivity contribution is 5.86. The Bertz CT molecular complexity index is 782. The third kappa shape index (κ3) is 4.04. The number of ether oxygens (including phenoxy) is 1. The lowest BCUT2D eigenvalue weighted by Crippen LogP contribution is -2.14. The van der Waals surface area contributed by atoms with Gasteiger partial charge in [-0.25, -0.2) is 4.79 Å². The van der Waals surface area contributed by atoms with Gasteiger partial charge in [0.25, 0.3) is 5.69 Å². The number of hydrogen-bond donors (Lipinski definition) is 1. The first kappa shape index (κ1) is 16.0. The van der Waals surface area contributed by atoms with Crippen LogP contribution in [0.4, 0.5) is 16.2 Å². The van der Waals surface area contributed by atoms with Crippen LogP contribution >= 0.6 is 0 Å². The van der Waals surface area contributed by atoms with Crippen LogP contribution in [0.2, 0.25) is 0 Å². The standard InChI is InChI=1S/C16H13N3O4/c1-11-7-15(19(21)22)13(9-17)8-14(11)18-16(20)23-10-12-5-3-2-4-6-12/h2-8H,10H2,1H3,(H,18,20). The van der Waals surface area contributed by atoms with E-state index in [-0.39, 0.29) is 17.9 Å². The van der Waals surface area contributed by atoms with Gasteiger partial charge in [-0.1, -0.05) is 30.3 Å². The molecule has 0 aliphatic heterocycles. The minimum Gasteiger partial charge on any atom is -0.444 e. The van der Waals surface area contributed by atoms with Gasteiger partial charge in [-0.3, -0.25) is 15.4 Å². The Hall–Kier alpha value is -3.40. The number of nitrogens with zero attached hydrogens (tertiary/aromatic N) is 2. The van der Waals surface area contributed by atoms with Crippen molar-refractivity contribution in [2.24, 2.45) is 0 Å². The van der Waals surface area contributed by atoms with Crippen LogP contribution in [0.15, 0.2) is 42.5 Å². The van der Waals surface area contributed by atoms with E-state index in [1.165, 1.54) is 12.1 Å². The van der Waals surface area contributed by atoms with E-state index in [1.54, 1.807) is 13.0 Å². The number of anilines is 1. The molecule has 0 radical (unpaired) electrons. The van der Waals surface area contributed by atoms with Gasteiger partial charge >= 0.3 is 6.09 Å². The van der Waals surface area contributed by atoms with Crippen molar-refractivity contribution in [1.82, 2.24) is 0 Å². The molecule has 0 bridgehead atoms. The fourth-order valence-electron chi connectivity index (χ4n) is 1.94. The molecule has 7 nitrogen and oxygen atoms in total. The lowest BCUT2D eigenvalue weighted by Gasteiger charge is -2.10. The summed E-state index contributed by atoms with van der Waals surface area (Å²) in [5.41, 5.74) is 1.17. The van der Waals surface area contributed by atoms with Crippen molar-refractivity contribution < 1.29 is 14.5 Å². The second-order valence-corrected chi connectivity index (χ2v) is 4.74. The highest BCUT2D eigenvalue weighted by Crippen LogP contribution is 2.26. The molecule has 116 valence electrons. The first-order valence-corrected chi connectivity index (χ1v) is 6.68. The lowest BCUT2D eigenvalue weighted by atomic mass is 10.1. The predicted octanol–water partition coefficient (Wildman–Crippen LogP) is 3.52. The molecule has 0 aromatic heterocycles. The van der Waals surface area contributed by atoms with Crippen molar-refractivity contribution >= 4 is 17.5 Å². The van der Waals surface area contributed by atoms with Gasteiger partial charge in [0.15, 0.2) is 0 Å². The molecule has 0 saturated carbocycles. The average Bonchev–Trinajstić information content (AvgIpc) is 2.55. The summed E-state index contributed by atoms with van der Waals surface area (Å²) in [4.78, 5) is 22.0. The number of hydrogen-bond acceptors (Lipinski definition) is 5. The minimum absolute atomic E-state index is 0.101. The van der Waals surface area contributed by atoms with Crippen LogP contribution in [0.25, 0.3) is 0 Å². The molecule has 0 heterocycles. The van der Waals surface area contributed by atoms with Gasteiger partial charge in [-0.15, -0.1) is 0 Å². The van der Waals surface area contributed by atoms with Crippen LogP contribution in [0.3, 0.4) is 0 Å². The van der Waals surface area contributed by atoms with Crippen molar-refractivity contribution in [1.29, 1.82) is 5.26 Å². The fraction of sp³-hybridized carbons (Fsp3) is 0.125. The summed E-state index contributed by atoms with van der Waals surface area (Å²) in [5, 5.41) is 22.3. The maximum atomic E-state index is 11.8. The van der Waals surface area contributed by atoms with Crippen LogP contribution < -0.4 is 5.32 Å². The van der Waals surface area contributed by atoms with Gasteiger partial charge in [0.05, 0.1) is 4.92 Å². The summed E-state index contributed by atoms with van der Waals surface area (Å²) >= 11 is 0. The van der Waals surface area contributed by atoms with Crippen LogP contribution in [0.1, 0.15) is 16.7 Å². The molecular weight excluding hydrogens is 298 g/mol. The largest absolute Gasteiger partial charge is 0.444 e. The monoisotopic (exact) mass is 311 g/mol. The molecule has 2 aromatic rings. The molecule has 7 heteroatoms. The van der Waals surface area contributed by atoms with Gasteiger partial charge in [0, 0.05) is 11.8 Å². The van der Waals surface area contributed by atoms with Crippen molar-refractivity contribution in [3.63, 3.8) is 0 Å². The van der Waals surface area contributed by atoms with Crippen LogP contribution in [-0.4, -0.2) is 11.0 Å². The molecular formula is C16H13N3O4. The van der Waals surface area contributed by atoms with Crippen LogP contribution in [0, 0.1) is 28.4 Å². The first-order chi connectivity index (χ1) is 11.0. The Morgan fingerprint density at radius 2 is 2.04 bits per heavy atom. The number of nitriles is 1. The van der Waals surface area contributed by atoms with E-state index in [0.717, 1.165) is 5.56 Å². The van der Waals surface area contributed by atoms with E-state index in [1.807, 2.05) is 30.3 Å². The highest BCUT2D eigenvalue weighted by atomic mass is 16.6. The number of nitro benzene ring substituents is 1. The van der Waals surface area contributed by atoms with Gasteiger partial charge in [-0.2, -0.15) is 5.26 Å². The minimum atomic E-state index is -0.699. The summed E-state index contributed by atoms with van der Waals surface area (Å²) in [5.74, 6) is 0. The summed E-state index contributed by atoms with van der Waals surface area (Å²) in [7, 11) is 0. The highest BCUT2D eigenvalue weighted by Gasteiger charge is 2.17. The molecule has 0 aliphatic carbocycles. The predicted molar refractivity (Wildman–Crippen MR) is 82.8 cm³/mol. The Labute approximate surface area is 132 Å². The number of rotatable bonds is 4. The maximum absolute atomic E-state index is 11.8. The average molecular weight is 311 g/mol. The number of amides is 1. The molecule has 1 N–H and O–H groups in total. The van der Waals surface area contributed by atoms with Gasteiger partial charge < -0.3 is 4.74 Å². The second kappa shape index (κ2) is 7.04. The lowest BCUT2D eigenvalue weighted by molar-refractivity contribution is -0.385. The Morgan fingerprint density at radius 1 is 1.35 bits per heavy atom. The van der Waals surface area contributed by atoms with Crippen LogP contribution in [0.5, 0.6) is 0 Å². The van der Waals surface area contributed by atoms with Crippen LogP contribution in [-0.2, 0) is 11.3 Å². The molecule has 0 saturated heterocycles.